The molecule has 130 valence electrons. The maximum atomic E-state index is 5.54. The molecule has 0 fully saturated rings. The molecule has 0 spiro atoms. The highest BCUT2D eigenvalue weighted by Crippen LogP contribution is 2.24. The molecular formula is C21H25N3O. The molecule has 0 saturated heterocycles. The summed E-state index contributed by atoms with van der Waals surface area (Å²) in [7, 11) is 3.82. The fraction of sp³-hybridized carbons (Fsp3) is 0.333. The number of fused-ring (bicyclic) bond motifs is 1. The molecule has 2 aromatic heterocycles. The van der Waals surface area contributed by atoms with Crippen molar-refractivity contribution >= 4 is 10.9 Å². The van der Waals surface area contributed by atoms with Crippen molar-refractivity contribution in [2.75, 3.05) is 14.2 Å². The Morgan fingerprint density at radius 2 is 2.00 bits per heavy atom. The molecule has 1 atom stereocenters. The van der Waals surface area contributed by atoms with Gasteiger partial charge in [0.05, 0.1) is 12.6 Å². The third-order valence-corrected chi connectivity index (χ3v) is 4.61. The number of likely N-dealkylation sites (N-methyl/N-ethyl adjacent to an activating group) is 1. The number of ether oxygens (including phenoxy) is 1. The maximum absolute atomic E-state index is 5.54. The molecule has 0 aliphatic heterocycles. The number of benzene rings is 1. The molecular weight excluding hydrogens is 310 g/mol. The zero-order chi connectivity index (χ0) is 17.8. The van der Waals surface area contributed by atoms with E-state index in [1.54, 1.807) is 7.11 Å². The van der Waals surface area contributed by atoms with E-state index >= 15 is 0 Å². The van der Waals surface area contributed by atoms with Crippen molar-refractivity contribution in [1.82, 2.24) is 14.9 Å². The highest BCUT2D eigenvalue weighted by atomic mass is 16.5. The number of hydrogen-bond donors (Lipinski definition) is 0. The monoisotopic (exact) mass is 335 g/mol. The van der Waals surface area contributed by atoms with Crippen LogP contribution >= 0.6 is 0 Å². The molecule has 3 rings (SSSR count). The number of rotatable bonds is 6. The fourth-order valence-electron chi connectivity index (χ4n) is 3.00. The lowest BCUT2D eigenvalue weighted by Crippen LogP contribution is -2.30. The van der Waals surface area contributed by atoms with Crippen molar-refractivity contribution in [3.63, 3.8) is 0 Å². The van der Waals surface area contributed by atoms with Crippen molar-refractivity contribution in [3.8, 4) is 5.88 Å². The SMILES string of the molecule is COc1nc2cc(C)ccc2cc1CN(C)[C@@H](C)Cc1ccccn1. The van der Waals surface area contributed by atoms with Crippen LogP contribution in [0.3, 0.4) is 0 Å². The molecule has 0 aliphatic carbocycles. The van der Waals surface area contributed by atoms with E-state index in [1.165, 1.54) is 5.56 Å². The van der Waals surface area contributed by atoms with E-state index in [0.29, 0.717) is 11.9 Å². The summed E-state index contributed by atoms with van der Waals surface area (Å²) in [5.74, 6) is 0.704. The predicted molar refractivity (Wildman–Crippen MR) is 102 cm³/mol. The number of aryl methyl sites for hydroxylation is 1. The Kier molecular flexibility index (Phi) is 5.29. The summed E-state index contributed by atoms with van der Waals surface area (Å²) < 4.78 is 5.54. The van der Waals surface area contributed by atoms with E-state index in [9.17, 15) is 0 Å². The van der Waals surface area contributed by atoms with Crippen molar-refractivity contribution < 1.29 is 4.74 Å². The van der Waals surface area contributed by atoms with Gasteiger partial charge in [-0.25, -0.2) is 4.98 Å². The molecule has 0 unspecified atom stereocenters. The van der Waals surface area contributed by atoms with Crippen molar-refractivity contribution in [2.24, 2.45) is 0 Å². The summed E-state index contributed by atoms with van der Waals surface area (Å²) in [6.07, 6.45) is 2.76. The summed E-state index contributed by atoms with van der Waals surface area (Å²) in [6, 6.07) is 14.9. The summed E-state index contributed by atoms with van der Waals surface area (Å²) in [5.41, 5.74) is 4.40. The Morgan fingerprint density at radius 1 is 1.16 bits per heavy atom. The van der Waals surface area contributed by atoms with Crippen LogP contribution in [0.4, 0.5) is 0 Å². The lowest BCUT2D eigenvalue weighted by atomic mass is 10.1. The number of methoxy groups -OCH3 is 1. The molecule has 4 heteroatoms. The number of aromatic nitrogens is 2. The Hall–Kier alpha value is -2.46. The van der Waals surface area contributed by atoms with Gasteiger partial charge in [0.1, 0.15) is 0 Å². The quantitative estimate of drug-likeness (QED) is 0.682. The van der Waals surface area contributed by atoms with Gasteiger partial charge in [-0.3, -0.25) is 9.88 Å². The van der Waals surface area contributed by atoms with E-state index in [4.69, 9.17) is 4.74 Å². The van der Waals surface area contributed by atoms with Crippen LogP contribution in [-0.4, -0.2) is 35.1 Å². The van der Waals surface area contributed by atoms with Crippen molar-refractivity contribution in [3.05, 3.63) is 65.5 Å². The molecule has 0 saturated carbocycles. The molecule has 0 radical (unpaired) electrons. The van der Waals surface area contributed by atoms with Gasteiger partial charge in [-0.05, 0) is 50.7 Å². The Bertz CT molecular complexity index is 848. The molecule has 2 heterocycles. The zero-order valence-corrected chi connectivity index (χ0v) is 15.4. The molecule has 4 nitrogen and oxygen atoms in total. The Morgan fingerprint density at radius 3 is 2.72 bits per heavy atom. The fourth-order valence-corrected chi connectivity index (χ4v) is 3.00. The summed E-state index contributed by atoms with van der Waals surface area (Å²) in [5, 5.41) is 1.15. The van der Waals surface area contributed by atoms with Gasteiger partial charge < -0.3 is 4.74 Å². The van der Waals surface area contributed by atoms with Gasteiger partial charge in [0.2, 0.25) is 5.88 Å². The molecule has 0 aliphatic rings. The van der Waals surface area contributed by atoms with Gasteiger partial charge in [-0.2, -0.15) is 0 Å². The van der Waals surface area contributed by atoms with Crippen LogP contribution in [-0.2, 0) is 13.0 Å². The molecule has 1 aromatic carbocycles. The third kappa shape index (κ3) is 4.15. The summed E-state index contributed by atoms with van der Waals surface area (Å²) >= 11 is 0. The Labute approximate surface area is 149 Å². The van der Waals surface area contributed by atoms with Crippen LogP contribution in [0.2, 0.25) is 0 Å². The van der Waals surface area contributed by atoms with Gasteiger partial charge in [-0.15, -0.1) is 0 Å². The topological polar surface area (TPSA) is 38.2 Å². The number of hydrogen-bond acceptors (Lipinski definition) is 4. The summed E-state index contributed by atoms with van der Waals surface area (Å²) in [6.45, 7) is 5.08. The average Bonchev–Trinajstić information content (AvgIpc) is 2.62. The highest BCUT2D eigenvalue weighted by molar-refractivity contribution is 5.80. The first kappa shape index (κ1) is 17.4. The zero-order valence-electron chi connectivity index (χ0n) is 15.4. The third-order valence-electron chi connectivity index (χ3n) is 4.61. The van der Waals surface area contributed by atoms with Crippen LogP contribution < -0.4 is 4.74 Å². The minimum absolute atomic E-state index is 0.369. The first-order chi connectivity index (χ1) is 12.1. The number of pyridine rings is 2. The van der Waals surface area contributed by atoms with Gasteiger partial charge in [-0.1, -0.05) is 18.2 Å². The highest BCUT2D eigenvalue weighted by Gasteiger charge is 2.15. The minimum Gasteiger partial charge on any atom is -0.481 e. The second kappa shape index (κ2) is 7.62. The second-order valence-corrected chi connectivity index (χ2v) is 6.64. The van der Waals surface area contributed by atoms with Crippen LogP contribution in [0.1, 0.15) is 23.7 Å². The maximum Gasteiger partial charge on any atom is 0.218 e. The first-order valence-electron chi connectivity index (χ1n) is 8.61. The van der Waals surface area contributed by atoms with Crippen LogP contribution in [0, 0.1) is 6.92 Å². The second-order valence-electron chi connectivity index (χ2n) is 6.64. The Balaban J connectivity index is 1.80. The molecule has 3 aromatic rings. The standard InChI is InChI=1S/C21H25N3O/c1-15-8-9-17-13-18(21(25-4)23-20(17)11-15)14-24(3)16(2)12-19-7-5-6-10-22-19/h5-11,13,16H,12,14H2,1-4H3/t16-/m0/s1. The van der Waals surface area contributed by atoms with Gasteiger partial charge in [0.15, 0.2) is 0 Å². The molecule has 0 N–H and O–H groups in total. The predicted octanol–water partition coefficient (Wildman–Crippen LogP) is 4.01. The largest absolute Gasteiger partial charge is 0.481 e. The summed E-state index contributed by atoms with van der Waals surface area (Å²) in [4.78, 5) is 11.4. The smallest absolute Gasteiger partial charge is 0.218 e. The lowest BCUT2D eigenvalue weighted by molar-refractivity contribution is 0.242. The minimum atomic E-state index is 0.369. The lowest BCUT2D eigenvalue weighted by Gasteiger charge is -2.25. The van der Waals surface area contributed by atoms with E-state index in [-0.39, 0.29) is 0 Å². The molecule has 0 amide bonds. The molecule has 0 bridgehead atoms. The van der Waals surface area contributed by atoms with E-state index in [1.807, 2.05) is 18.3 Å². The van der Waals surface area contributed by atoms with Crippen molar-refractivity contribution in [2.45, 2.75) is 32.9 Å². The first-order valence-corrected chi connectivity index (χ1v) is 8.61. The molecule has 25 heavy (non-hydrogen) atoms. The average molecular weight is 335 g/mol. The van der Waals surface area contributed by atoms with E-state index in [0.717, 1.165) is 35.1 Å². The van der Waals surface area contributed by atoms with Crippen molar-refractivity contribution in [1.29, 1.82) is 0 Å². The van der Waals surface area contributed by atoms with Crippen LogP contribution in [0.15, 0.2) is 48.7 Å². The van der Waals surface area contributed by atoms with Crippen LogP contribution in [0.5, 0.6) is 5.88 Å². The number of nitrogens with zero attached hydrogens (tertiary/aromatic N) is 3. The van der Waals surface area contributed by atoms with Gasteiger partial charge >= 0.3 is 0 Å². The van der Waals surface area contributed by atoms with Gasteiger partial charge in [0, 0.05) is 41.8 Å². The van der Waals surface area contributed by atoms with E-state index in [2.05, 4.69) is 66.1 Å². The van der Waals surface area contributed by atoms with E-state index < -0.39 is 0 Å². The van der Waals surface area contributed by atoms with Crippen LogP contribution in [0.25, 0.3) is 10.9 Å². The van der Waals surface area contributed by atoms with Gasteiger partial charge in [0.25, 0.3) is 0 Å². The normalized spacial score (nSPS) is 12.5.